The average molecular weight is 492 g/mol. The molecular formula is C27H25NO6S. The maximum absolute atomic E-state index is 13.2. The van der Waals surface area contributed by atoms with Crippen LogP contribution in [0.3, 0.4) is 0 Å². The Bertz CT molecular complexity index is 1250. The van der Waals surface area contributed by atoms with E-state index in [0.717, 1.165) is 36.1 Å². The van der Waals surface area contributed by atoms with Crippen LogP contribution in [0.5, 0.6) is 11.5 Å². The van der Waals surface area contributed by atoms with Crippen LogP contribution in [0.1, 0.15) is 57.6 Å². The third-order valence-electron chi connectivity index (χ3n) is 6.16. The molecule has 0 unspecified atom stereocenters. The number of amides is 1. The first-order chi connectivity index (χ1) is 17.1. The fourth-order valence-corrected chi connectivity index (χ4v) is 5.91. The van der Waals surface area contributed by atoms with E-state index in [4.69, 9.17) is 14.2 Å². The summed E-state index contributed by atoms with van der Waals surface area (Å²) < 4.78 is 16.6. The number of esters is 2. The van der Waals surface area contributed by atoms with Gasteiger partial charge < -0.3 is 19.5 Å². The molecule has 1 aliphatic carbocycles. The summed E-state index contributed by atoms with van der Waals surface area (Å²) in [4.78, 5) is 39.7. The van der Waals surface area contributed by atoms with Crippen molar-refractivity contribution >= 4 is 34.2 Å². The second-order valence-electron chi connectivity index (χ2n) is 8.40. The molecule has 3 aromatic rings. The Labute approximate surface area is 207 Å². The molecule has 2 aliphatic rings. The van der Waals surface area contributed by atoms with Crippen LogP contribution in [0.2, 0.25) is 0 Å². The third kappa shape index (κ3) is 4.53. The highest BCUT2D eigenvalue weighted by molar-refractivity contribution is 7.17. The first kappa shape index (κ1) is 23.1. The zero-order chi connectivity index (χ0) is 24.4. The highest BCUT2D eigenvalue weighted by Gasteiger charge is 2.34. The average Bonchev–Trinajstić information content (AvgIpc) is 3.23. The molecule has 0 fully saturated rings. The number of aryl methyl sites for hydroxylation is 1. The molecule has 0 saturated carbocycles. The van der Waals surface area contributed by atoms with Crippen molar-refractivity contribution in [1.29, 1.82) is 0 Å². The van der Waals surface area contributed by atoms with Crippen molar-refractivity contribution in [1.82, 2.24) is 0 Å². The second-order valence-corrected chi connectivity index (χ2v) is 9.51. The van der Waals surface area contributed by atoms with Crippen molar-refractivity contribution in [3.63, 3.8) is 0 Å². The molecule has 0 bridgehead atoms. The Morgan fingerprint density at radius 2 is 1.63 bits per heavy atom. The van der Waals surface area contributed by atoms with Gasteiger partial charge in [0.25, 0.3) is 5.91 Å². The summed E-state index contributed by atoms with van der Waals surface area (Å²) in [6.45, 7) is 1.54. The summed E-state index contributed by atoms with van der Waals surface area (Å²) in [5.41, 5.74) is 2.76. The van der Waals surface area contributed by atoms with Crippen LogP contribution in [-0.4, -0.2) is 31.1 Å². The van der Waals surface area contributed by atoms with Crippen LogP contribution < -0.4 is 10.1 Å². The van der Waals surface area contributed by atoms with Crippen LogP contribution in [0.4, 0.5) is 5.00 Å². The fourth-order valence-electron chi connectivity index (χ4n) is 4.62. The van der Waals surface area contributed by atoms with Gasteiger partial charge in [-0.05, 0) is 50.3 Å². The zero-order valence-electron chi connectivity index (χ0n) is 19.3. The minimum Gasteiger partial charge on any atom is -0.462 e. The van der Waals surface area contributed by atoms with Crippen LogP contribution >= 0.6 is 11.3 Å². The number of anilines is 1. The molecule has 7 nitrogen and oxygen atoms in total. The van der Waals surface area contributed by atoms with E-state index >= 15 is 0 Å². The van der Waals surface area contributed by atoms with Gasteiger partial charge in [0.1, 0.15) is 22.4 Å². The van der Waals surface area contributed by atoms with E-state index in [1.165, 1.54) is 11.3 Å². The Kier molecular flexibility index (Phi) is 6.55. The van der Waals surface area contributed by atoms with Gasteiger partial charge in [-0.2, -0.15) is 0 Å². The maximum atomic E-state index is 13.2. The molecule has 35 heavy (non-hydrogen) atoms. The van der Waals surface area contributed by atoms with E-state index in [-0.39, 0.29) is 6.61 Å². The number of carbonyl (C=O) groups is 3. The predicted octanol–water partition coefficient (Wildman–Crippen LogP) is 5.22. The minimum atomic E-state index is -0.701. The number of rotatable bonds is 6. The summed E-state index contributed by atoms with van der Waals surface area (Å²) >= 11 is 1.40. The van der Waals surface area contributed by atoms with Gasteiger partial charge in [0.2, 0.25) is 0 Å². The number of hydrogen-bond acceptors (Lipinski definition) is 7. The molecule has 2 aromatic carbocycles. The van der Waals surface area contributed by atoms with E-state index in [2.05, 4.69) is 5.32 Å². The van der Waals surface area contributed by atoms with Gasteiger partial charge in [0.05, 0.1) is 12.2 Å². The Balaban J connectivity index is 1.32. The van der Waals surface area contributed by atoms with Crippen molar-refractivity contribution in [2.24, 2.45) is 0 Å². The number of thiophene rings is 1. The van der Waals surface area contributed by atoms with Gasteiger partial charge in [0, 0.05) is 16.0 Å². The molecule has 1 amide bonds. The molecule has 1 aromatic heterocycles. The molecular weight excluding hydrogens is 466 g/mol. The van der Waals surface area contributed by atoms with Gasteiger partial charge in [-0.1, -0.05) is 36.4 Å². The summed E-state index contributed by atoms with van der Waals surface area (Å²) in [6, 6.07) is 14.6. The number of hydrogen-bond donors (Lipinski definition) is 1. The van der Waals surface area contributed by atoms with E-state index in [1.54, 1.807) is 19.1 Å². The minimum absolute atomic E-state index is 0.252. The maximum Gasteiger partial charge on any atom is 0.341 e. The number of fused-ring (bicyclic) bond motifs is 3. The molecule has 8 heteroatoms. The fraction of sp³-hybridized carbons (Fsp3) is 0.296. The number of ether oxygens (including phenoxy) is 3. The molecule has 2 heterocycles. The zero-order valence-corrected chi connectivity index (χ0v) is 20.1. The SMILES string of the molecule is CCOC(=O)c1c(NC(=O)COC(=O)C2c3ccccc3Oc3ccccc32)sc2c1CCCC2. The molecule has 0 radical (unpaired) electrons. The lowest BCUT2D eigenvalue weighted by atomic mass is 9.88. The Hall–Kier alpha value is -3.65. The van der Waals surface area contributed by atoms with Crippen molar-refractivity contribution < 1.29 is 28.6 Å². The number of carbonyl (C=O) groups excluding carboxylic acids is 3. The van der Waals surface area contributed by atoms with Gasteiger partial charge in [-0.15, -0.1) is 11.3 Å². The normalized spacial score (nSPS) is 14.1. The van der Waals surface area contributed by atoms with E-state index in [0.29, 0.717) is 33.2 Å². The van der Waals surface area contributed by atoms with Gasteiger partial charge in [-0.25, -0.2) is 4.79 Å². The van der Waals surface area contributed by atoms with Crippen molar-refractivity contribution in [2.75, 3.05) is 18.5 Å². The summed E-state index contributed by atoms with van der Waals surface area (Å²) in [7, 11) is 0. The summed E-state index contributed by atoms with van der Waals surface area (Å²) in [5, 5.41) is 3.24. The number of benzene rings is 2. The third-order valence-corrected chi connectivity index (χ3v) is 7.37. The molecule has 0 saturated heterocycles. The van der Waals surface area contributed by atoms with Crippen molar-refractivity contribution in [3.8, 4) is 11.5 Å². The van der Waals surface area contributed by atoms with Gasteiger partial charge in [0.15, 0.2) is 6.61 Å². The van der Waals surface area contributed by atoms with E-state index in [1.807, 2.05) is 36.4 Å². The molecule has 0 atom stereocenters. The number of nitrogens with one attached hydrogen (secondary N) is 1. The Morgan fingerprint density at radius 1 is 0.971 bits per heavy atom. The van der Waals surface area contributed by atoms with Crippen LogP contribution in [0.15, 0.2) is 48.5 Å². The Morgan fingerprint density at radius 3 is 2.31 bits per heavy atom. The monoisotopic (exact) mass is 491 g/mol. The molecule has 1 N–H and O–H groups in total. The molecule has 0 spiro atoms. The van der Waals surface area contributed by atoms with Crippen molar-refractivity contribution in [2.45, 2.75) is 38.5 Å². The molecule has 1 aliphatic heterocycles. The number of para-hydroxylation sites is 2. The van der Waals surface area contributed by atoms with Gasteiger partial charge in [-0.3, -0.25) is 9.59 Å². The van der Waals surface area contributed by atoms with Crippen molar-refractivity contribution in [3.05, 3.63) is 75.7 Å². The first-order valence-electron chi connectivity index (χ1n) is 11.7. The van der Waals surface area contributed by atoms with E-state index < -0.39 is 30.4 Å². The van der Waals surface area contributed by atoms with Gasteiger partial charge >= 0.3 is 11.9 Å². The lowest BCUT2D eigenvalue weighted by Gasteiger charge is -2.26. The van der Waals surface area contributed by atoms with E-state index in [9.17, 15) is 14.4 Å². The highest BCUT2D eigenvalue weighted by Crippen LogP contribution is 2.44. The van der Waals surface area contributed by atoms with Crippen LogP contribution in [0.25, 0.3) is 0 Å². The first-order valence-corrected chi connectivity index (χ1v) is 12.5. The highest BCUT2D eigenvalue weighted by atomic mass is 32.1. The second kappa shape index (κ2) is 9.92. The summed E-state index contributed by atoms with van der Waals surface area (Å²) in [5.74, 6) is -1.01. The lowest BCUT2D eigenvalue weighted by Crippen LogP contribution is -2.26. The predicted molar refractivity (Wildman–Crippen MR) is 131 cm³/mol. The topological polar surface area (TPSA) is 90.9 Å². The summed E-state index contributed by atoms with van der Waals surface area (Å²) in [6.07, 6.45) is 3.71. The molecule has 5 rings (SSSR count). The lowest BCUT2D eigenvalue weighted by molar-refractivity contribution is -0.148. The largest absolute Gasteiger partial charge is 0.462 e. The van der Waals surface area contributed by atoms with Crippen LogP contribution in [-0.2, 0) is 31.9 Å². The molecule has 180 valence electrons. The van der Waals surface area contributed by atoms with Crippen LogP contribution in [0, 0.1) is 0 Å². The smallest absolute Gasteiger partial charge is 0.341 e. The standard InChI is InChI=1S/C27H25NO6S/c1-2-32-27(31)24-18-11-5-8-14-21(18)35-25(24)28-22(29)15-33-26(30)23-16-9-3-6-12-19(16)34-20-13-7-4-10-17(20)23/h3-4,6-7,9-10,12-13,23H,2,5,8,11,14-15H2,1H3,(H,28,29). The quantitative estimate of drug-likeness (QED) is 0.475.